The highest BCUT2D eigenvalue weighted by molar-refractivity contribution is 6.38. The average molecular weight is 412 g/mol. The summed E-state index contributed by atoms with van der Waals surface area (Å²) in [4.78, 5) is 4.79. The Bertz CT molecular complexity index is 937. The number of nitrogens with zero attached hydrogens (tertiary/aromatic N) is 1. The molecule has 2 aromatic rings. The van der Waals surface area contributed by atoms with Gasteiger partial charge in [0.1, 0.15) is 17.7 Å². The molecule has 0 spiro atoms. The van der Waals surface area contributed by atoms with E-state index >= 15 is 0 Å². The number of amidine groups is 1. The Kier molecular flexibility index (Phi) is 5.88. The average Bonchev–Trinajstić information content (AvgIpc) is 2.74. The van der Waals surface area contributed by atoms with Gasteiger partial charge < -0.3 is 15.2 Å². The van der Waals surface area contributed by atoms with Crippen molar-refractivity contribution in [2.75, 3.05) is 13.2 Å². The minimum absolute atomic E-state index is 0.00147. The van der Waals surface area contributed by atoms with E-state index in [4.69, 9.17) is 37.2 Å². The molecular weight excluding hydrogens is 386 g/mol. The van der Waals surface area contributed by atoms with Gasteiger partial charge in [-0.1, -0.05) is 29.8 Å². The van der Waals surface area contributed by atoms with Crippen molar-refractivity contribution in [2.45, 2.75) is 38.3 Å². The molecule has 0 amide bonds. The van der Waals surface area contributed by atoms with Crippen molar-refractivity contribution < 1.29 is 9.47 Å². The van der Waals surface area contributed by atoms with E-state index in [2.05, 4.69) is 12.1 Å². The molecule has 6 heteroatoms. The number of benzene rings is 2. The van der Waals surface area contributed by atoms with Crippen LogP contribution in [0.4, 0.5) is 0 Å². The molecule has 1 saturated heterocycles. The number of fused-ring (bicyclic) bond motifs is 1. The zero-order valence-electron chi connectivity index (χ0n) is 16.5. The minimum atomic E-state index is -0.103. The molecule has 2 aliphatic rings. The SMILES string of the molecule is C/C(=N/C1CC([C@H]2CCCOC2)Oc2ccc(-c3cccc(Cl)c3)cc21)C(=N)N. The van der Waals surface area contributed by atoms with Gasteiger partial charge in [-0.3, -0.25) is 10.4 Å². The molecule has 0 radical (unpaired) electrons. The smallest absolute Gasteiger partial charge is 0.136 e. The molecule has 152 valence electrons. The van der Waals surface area contributed by atoms with Crippen molar-refractivity contribution in [1.82, 2.24) is 0 Å². The quantitative estimate of drug-likeness (QED) is 0.547. The fourth-order valence-corrected chi connectivity index (χ4v) is 4.29. The molecule has 0 aliphatic carbocycles. The number of nitrogens with one attached hydrogen (secondary N) is 1. The van der Waals surface area contributed by atoms with Gasteiger partial charge in [-0.05, 0) is 55.2 Å². The van der Waals surface area contributed by atoms with E-state index in [1.807, 2.05) is 30.3 Å². The van der Waals surface area contributed by atoms with Crippen LogP contribution in [-0.2, 0) is 4.74 Å². The Balaban J connectivity index is 1.71. The van der Waals surface area contributed by atoms with Gasteiger partial charge >= 0.3 is 0 Å². The summed E-state index contributed by atoms with van der Waals surface area (Å²) in [6, 6.07) is 13.9. The number of hydrogen-bond acceptors (Lipinski definition) is 4. The Labute approximate surface area is 176 Å². The minimum Gasteiger partial charge on any atom is -0.490 e. The molecule has 3 atom stereocenters. The van der Waals surface area contributed by atoms with Crippen molar-refractivity contribution in [3.8, 4) is 16.9 Å². The van der Waals surface area contributed by atoms with Crippen LogP contribution in [0.5, 0.6) is 5.75 Å². The van der Waals surface area contributed by atoms with Gasteiger partial charge in [0.25, 0.3) is 0 Å². The van der Waals surface area contributed by atoms with Crippen LogP contribution >= 0.6 is 11.6 Å². The van der Waals surface area contributed by atoms with Crippen LogP contribution in [0.25, 0.3) is 11.1 Å². The lowest BCUT2D eigenvalue weighted by atomic mass is 9.86. The second-order valence-corrected chi connectivity index (χ2v) is 8.21. The summed E-state index contributed by atoms with van der Waals surface area (Å²) in [7, 11) is 0. The number of rotatable bonds is 4. The second kappa shape index (κ2) is 8.56. The van der Waals surface area contributed by atoms with Gasteiger partial charge in [-0.2, -0.15) is 0 Å². The molecule has 29 heavy (non-hydrogen) atoms. The van der Waals surface area contributed by atoms with E-state index in [1.54, 1.807) is 6.92 Å². The molecule has 0 aromatic heterocycles. The Hall–Kier alpha value is -2.37. The monoisotopic (exact) mass is 411 g/mol. The summed E-state index contributed by atoms with van der Waals surface area (Å²) in [6.45, 7) is 3.34. The van der Waals surface area contributed by atoms with E-state index in [0.717, 1.165) is 54.9 Å². The number of nitrogens with two attached hydrogens (primary N) is 1. The summed E-state index contributed by atoms with van der Waals surface area (Å²) in [5.41, 5.74) is 9.36. The first-order valence-corrected chi connectivity index (χ1v) is 10.4. The first-order valence-electron chi connectivity index (χ1n) is 10.0. The Morgan fingerprint density at radius 1 is 1.21 bits per heavy atom. The number of ether oxygens (including phenoxy) is 2. The predicted octanol–water partition coefficient (Wildman–Crippen LogP) is 5.02. The normalized spacial score (nSPS) is 24.5. The fraction of sp³-hybridized carbons (Fsp3) is 0.391. The van der Waals surface area contributed by atoms with Crippen LogP contribution in [0, 0.1) is 11.3 Å². The van der Waals surface area contributed by atoms with Gasteiger partial charge in [0, 0.05) is 29.5 Å². The molecule has 2 heterocycles. The van der Waals surface area contributed by atoms with E-state index in [0.29, 0.717) is 16.7 Å². The molecule has 1 fully saturated rings. The highest BCUT2D eigenvalue weighted by Crippen LogP contribution is 2.42. The van der Waals surface area contributed by atoms with Gasteiger partial charge in [0.2, 0.25) is 0 Å². The van der Waals surface area contributed by atoms with Crippen molar-refractivity contribution in [3.05, 3.63) is 53.1 Å². The summed E-state index contributed by atoms with van der Waals surface area (Å²) in [5, 5.41) is 8.43. The van der Waals surface area contributed by atoms with Crippen LogP contribution in [0.3, 0.4) is 0 Å². The first kappa shape index (κ1) is 19.9. The third kappa shape index (κ3) is 4.46. The third-order valence-electron chi connectivity index (χ3n) is 5.72. The van der Waals surface area contributed by atoms with Crippen LogP contribution in [0.15, 0.2) is 47.5 Å². The molecule has 3 N–H and O–H groups in total. The van der Waals surface area contributed by atoms with Crippen molar-refractivity contribution in [1.29, 1.82) is 5.41 Å². The lowest BCUT2D eigenvalue weighted by Gasteiger charge is -2.37. The van der Waals surface area contributed by atoms with Crippen LogP contribution in [0.2, 0.25) is 5.02 Å². The van der Waals surface area contributed by atoms with Crippen LogP contribution in [0.1, 0.15) is 37.8 Å². The summed E-state index contributed by atoms with van der Waals surface area (Å²) in [5.74, 6) is 1.21. The van der Waals surface area contributed by atoms with Crippen molar-refractivity contribution in [3.63, 3.8) is 0 Å². The van der Waals surface area contributed by atoms with E-state index < -0.39 is 0 Å². The van der Waals surface area contributed by atoms with Crippen LogP contribution < -0.4 is 10.5 Å². The maximum absolute atomic E-state index is 7.73. The van der Waals surface area contributed by atoms with Crippen LogP contribution in [-0.4, -0.2) is 30.9 Å². The maximum Gasteiger partial charge on any atom is 0.136 e. The molecule has 4 rings (SSSR count). The van der Waals surface area contributed by atoms with E-state index in [9.17, 15) is 0 Å². The van der Waals surface area contributed by atoms with Gasteiger partial charge in [-0.15, -0.1) is 0 Å². The molecule has 0 bridgehead atoms. The Morgan fingerprint density at radius 3 is 2.76 bits per heavy atom. The Morgan fingerprint density at radius 2 is 2.03 bits per heavy atom. The van der Waals surface area contributed by atoms with E-state index in [1.165, 1.54) is 0 Å². The molecule has 5 nitrogen and oxygen atoms in total. The zero-order chi connectivity index (χ0) is 20.4. The summed E-state index contributed by atoms with van der Waals surface area (Å²) >= 11 is 6.18. The van der Waals surface area contributed by atoms with Crippen molar-refractivity contribution in [2.24, 2.45) is 16.6 Å². The lowest BCUT2D eigenvalue weighted by Crippen LogP contribution is -2.37. The molecule has 2 unspecified atom stereocenters. The second-order valence-electron chi connectivity index (χ2n) is 7.78. The topological polar surface area (TPSA) is 80.7 Å². The lowest BCUT2D eigenvalue weighted by molar-refractivity contribution is -0.00910. The first-order chi connectivity index (χ1) is 14.0. The van der Waals surface area contributed by atoms with Crippen molar-refractivity contribution >= 4 is 23.1 Å². The number of aliphatic imine (C=N–C) groups is 1. The predicted molar refractivity (Wildman–Crippen MR) is 117 cm³/mol. The highest BCUT2D eigenvalue weighted by Gasteiger charge is 2.34. The van der Waals surface area contributed by atoms with E-state index in [-0.39, 0.29) is 18.0 Å². The summed E-state index contributed by atoms with van der Waals surface area (Å²) in [6.07, 6.45) is 2.96. The van der Waals surface area contributed by atoms with Gasteiger partial charge in [0.15, 0.2) is 0 Å². The third-order valence-corrected chi connectivity index (χ3v) is 5.96. The number of hydrogen-bond donors (Lipinski definition) is 2. The molecule has 0 saturated carbocycles. The maximum atomic E-state index is 7.73. The molecule has 2 aromatic carbocycles. The van der Waals surface area contributed by atoms with Gasteiger partial charge in [0.05, 0.1) is 18.4 Å². The molecular formula is C23H26ClN3O2. The zero-order valence-corrected chi connectivity index (χ0v) is 17.3. The molecule has 2 aliphatic heterocycles. The number of halogens is 1. The fourth-order valence-electron chi connectivity index (χ4n) is 4.10. The standard InChI is InChI=1S/C23H26ClN3O2/c1-14(23(25)26)27-20-12-22(17-5-3-9-28-13-17)29-21-8-7-16(11-19(20)21)15-4-2-6-18(24)10-15/h2,4,6-8,10-11,17,20,22H,3,5,9,12-13H2,1H3,(H3,25,26)/b27-14-/t17-,20?,22?/m0/s1. The highest BCUT2D eigenvalue weighted by atomic mass is 35.5. The largest absolute Gasteiger partial charge is 0.490 e. The summed E-state index contributed by atoms with van der Waals surface area (Å²) < 4.78 is 12.1. The van der Waals surface area contributed by atoms with Gasteiger partial charge in [-0.25, -0.2) is 0 Å².